The van der Waals surface area contributed by atoms with Crippen molar-refractivity contribution in [3.63, 3.8) is 0 Å². The Bertz CT molecular complexity index is 1520. The zero-order valence-electron chi connectivity index (χ0n) is 20.7. The van der Waals surface area contributed by atoms with Crippen molar-refractivity contribution in [2.75, 3.05) is 0 Å². The summed E-state index contributed by atoms with van der Waals surface area (Å²) < 4.78 is 40.9. The van der Waals surface area contributed by atoms with E-state index in [0.717, 1.165) is 26.6 Å². The number of hydrogen-bond donors (Lipinski definition) is 0. The first-order chi connectivity index (χ1) is 17.1. The number of rotatable bonds is 0. The highest BCUT2D eigenvalue weighted by atomic mass is 19.4. The molecule has 6 rings (SSSR count). The van der Waals surface area contributed by atoms with E-state index < -0.39 is 12.0 Å². The summed E-state index contributed by atoms with van der Waals surface area (Å²) in [5.74, 6) is -0.00324. The fraction of sp³-hybridized carbons (Fsp3) is 0.259. The lowest BCUT2D eigenvalue weighted by Crippen LogP contribution is -2.15. The third kappa shape index (κ3) is 4.60. The third-order valence-corrected chi connectivity index (χ3v) is 5.53. The van der Waals surface area contributed by atoms with Crippen LogP contribution in [0.4, 0.5) is 13.2 Å². The minimum Gasteiger partial charge on any atom is -0.285 e. The van der Waals surface area contributed by atoms with Crippen LogP contribution in [0.3, 0.4) is 0 Å². The molecule has 0 saturated heterocycles. The lowest BCUT2D eigenvalue weighted by atomic mass is 9.96. The second-order valence-corrected chi connectivity index (χ2v) is 8.99. The SMILES string of the molecule is CC.CC(C)(C)c1nnc2c3ccccc3ccn12.FC(F)(F)c1nnc2c3ccccc3ccn12. The molecule has 0 bridgehead atoms. The molecule has 0 spiro atoms. The van der Waals surface area contributed by atoms with Crippen LogP contribution in [0.25, 0.3) is 32.8 Å². The summed E-state index contributed by atoms with van der Waals surface area (Å²) in [6, 6.07) is 19.1. The minimum atomic E-state index is -4.50. The van der Waals surface area contributed by atoms with Crippen LogP contribution in [0.1, 0.15) is 46.3 Å². The lowest BCUT2D eigenvalue weighted by molar-refractivity contribution is -0.145. The molecule has 0 aliphatic carbocycles. The van der Waals surface area contributed by atoms with Crippen molar-refractivity contribution >= 4 is 32.8 Å². The maximum absolute atomic E-state index is 12.6. The standard InChI is InChI=1S/C14H15N3.C11H6F3N3.C2H6/c1-14(2,3)13-16-15-12-11-7-5-4-6-10(11)8-9-17(12)13;12-11(13,14)10-16-15-9-8-4-2-1-3-7(8)5-6-17(9)10;1-2/h4-9H,1-3H3;1-6H;1-2H3. The predicted octanol–water partition coefficient (Wildman–Crippen LogP) is 7.11. The maximum Gasteiger partial charge on any atom is 0.452 e. The van der Waals surface area contributed by atoms with Crippen LogP contribution in [-0.4, -0.2) is 29.2 Å². The van der Waals surface area contributed by atoms with Crippen molar-refractivity contribution in [2.45, 2.75) is 46.2 Å². The van der Waals surface area contributed by atoms with Gasteiger partial charge >= 0.3 is 6.18 Å². The molecule has 0 radical (unpaired) electrons. The molecular formula is C27H27F3N6. The fourth-order valence-corrected chi connectivity index (χ4v) is 3.94. The van der Waals surface area contributed by atoms with Crippen molar-refractivity contribution in [1.82, 2.24) is 29.2 Å². The van der Waals surface area contributed by atoms with Gasteiger partial charge in [0.2, 0.25) is 5.82 Å². The van der Waals surface area contributed by atoms with Crippen LogP contribution in [0, 0.1) is 0 Å². The van der Waals surface area contributed by atoms with E-state index in [9.17, 15) is 13.2 Å². The van der Waals surface area contributed by atoms with E-state index >= 15 is 0 Å². The van der Waals surface area contributed by atoms with Gasteiger partial charge in [-0.05, 0) is 22.9 Å². The number of aromatic nitrogens is 6. The van der Waals surface area contributed by atoms with Crippen molar-refractivity contribution < 1.29 is 13.2 Å². The summed E-state index contributed by atoms with van der Waals surface area (Å²) in [6.07, 6.45) is -1.11. The number of hydrogen-bond acceptors (Lipinski definition) is 4. The molecule has 4 aromatic heterocycles. The van der Waals surface area contributed by atoms with Gasteiger partial charge in [-0.1, -0.05) is 83.1 Å². The van der Waals surface area contributed by atoms with Gasteiger partial charge in [-0.25, -0.2) is 0 Å². The number of alkyl halides is 3. The van der Waals surface area contributed by atoms with Gasteiger partial charge in [-0.15, -0.1) is 20.4 Å². The number of halogens is 3. The van der Waals surface area contributed by atoms with E-state index in [-0.39, 0.29) is 11.1 Å². The predicted molar refractivity (Wildman–Crippen MR) is 136 cm³/mol. The van der Waals surface area contributed by atoms with E-state index in [0.29, 0.717) is 5.39 Å². The lowest BCUT2D eigenvalue weighted by Gasteiger charge is -2.15. The first-order valence-corrected chi connectivity index (χ1v) is 11.7. The van der Waals surface area contributed by atoms with Crippen LogP contribution in [-0.2, 0) is 11.6 Å². The van der Waals surface area contributed by atoms with Crippen LogP contribution in [0.2, 0.25) is 0 Å². The number of nitrogens with zero attached hydrogens (tertiary/aromatic N) is 6. The number of pyridine rings is 2. The second kappa shape index (κ2) is 9.56. The van der Waals surface area contributed by atoms with Gasteiger partial charge in [-0.2, -0.15) is 13.2 Å². The normalized spacial score (nSPS) is 11.9. The first-order valence-electron chi connectivity index (χ1n) is 11.7. The van der Waals surface area contributed by atoms with Gasteiger partial charge in [0.05, 0.1) is 0 Å². The molecule has 0 saturated carbocycles. The van der Waals surface area contributed by atoms with Gasteiger partial charge in [-0.3, -0.25) is 8.80 Å². The Balaban J connectivity index is 0.000000158. The molecule has 6 nitrogen and oxygen atoms in total. The van der Waals surface area contributed by atoms with E-state index in [1.165, 1.54) is 11.6 Å². The average Bonchev–Trinajstić information content (AvgIpc) is 3.51. The van der Waals surface area contributed by atoms with Crippen LogP contribution >= 0.6 is 0 Å². The summed E-state index contributed by atoms with van der Waals surface area (Å²) >= 11 is 0. The summed E-state index contributed by atoms with van der Waals surface area (Å²) in [5, 5.41) is 19.3. The highest BCUT2D eigenvalue weighted by Gasteiger charge is 2.37. The summed E-state index contributed by atoms with van der Waals surface area (Å²) in [4.78, 5) is 0. The van der Waals surface area contributed by atoms with Gasteiger partial charge < -0.3 is 0 Å². The number of fused-ring (bicyclic) bond motifs is 6. The summed E-state index contributed by atoms with van der Waals surface area (Å²) in [6.45, 7) is 10.5. The van der Waals surface area contributed by atoms with E-state index in [1.807, 2.05) is 38.1 Å². The van der Waals surface area contributed by atoms with Crippen molar-refractivity contribution in [1.29, 1.82) is 0 Å². The fourth-order valence-electron chi connectivity index (χ4n) is 3.94. The quantitative estimate of drug-likeness (QED) is 0.227. The van der Waals surface area contributed by atoms with Crippen LogP contribution in [0.15, 0.2) is 73.1 Å². The molecule has 0 amide bonds. The average molecular weight is 493 g/mol. The van der Waals surface area contributed by atoms with Crippen molar-refractivity contribution in [2.24, 2.45) is 0 Å². The van der Waals surface area contributed by atoms with Crippen LogP contribution in [0.5, 0.6) is 0 Å². The topological polar surface area (TPSA) is 60.4 Å². The van der Waals surface area contributed by atoms with E-state index in [4.69, 9.17) is 0 Å². The molecule has 36 heavy (non-hydrogen) atoms. The molecule has 186 valence electrons. The van der Waals surface area contributed by atoms with E-state index in [2.05, 4.69) is 70.0 Å². The molecular weight excluding hydrogens is 465 g/mol. The van der Waals surface area contributed by atoms with Crippen molar-refractivity contribution in [3.05, 3.63) is 84.7 Å². The Morgan fingerprint density at radius 2 is 1.00 bits per heavy atom. The molecule has 2 aromatic carbocycles. The minimum absolute atomic E-state index is 0.00186. The largest absolute Gasteiger partial charge is 0.452 e. The molecule has 0 fully saturated rings. The highest BCUT2D eigenvalue weighted by Crippen LogP contribution is 2.29. The Morgan fingerprint density at radius 3 is 1.44 bits per heavy atom. The van der Waals surface area contributed by atoms with Gasteiger partial charge in [0, 0.05) is 28.6 Å². The van der Waals surface area contributed by atoms with Gasteiger partial charge in [0.25, 0.3) is 0 Å². The molecule has 0 aliphatic heterocycles. The Kier molecular flexibility index (Phi) is 6.67. The Hall–Kier alpha value is -4.01. The maximum atomic E-state index is 12.6. The molecule has 9 heteroatoms. The van der Waals surface area contributed by atoms with Gasteiger partial charge in [0.1, 0.15) is 5.82 Å². The second-order valence-electron chi connectivity index (χ2n) is 8.99. The molecule has 0 unspecified atom stereocenters. The zero-order chi connectivity index (χ0) is 26.1. The molecule has 0 aliphatic rings. The molecule has 4 heterocycles. The first kappa shape index (κ1) is 25.1. The smallest absolute Gasteiger partial charge is 0.285 e. The Morgan fingerprint density at radius 1 is 0.583 bits per heavy atom. The van der Waals surface area contributed by atoms with Crippen molar-refractivity contribution in [3.8, 4) is 0 Å². The van der Waals surface area contributed by atoms with Crippen LogP contribution < -0.4 is 0 Å². The van der Waals surface area contributed by atoms with E-state index in [1.54, 1.807) is 18.2 Å². The van der Waals surface area contributed by atoms with Gasteiger partial charge in [0.15, 0.2) is 11.3 Å². The summed E-state index contributed by atoms with van der Waals surface area (Å²) in [7, 11) is 0. The zero-order valence-corrected chi connectivity index (χ0v) is 20.7. The number of benzene rings is 2. The Labute approximate surface area is 206 Å². The molecule has 6 aromatic rings. The summed E-state index contributed by atoms with van der Waals surface area (Å²) in [5.41, 5.74) is 1.16. The highest BCUT2D eigenvalue weighted by molar-refractivity contribution is 5.94. The monoisotopic (exact) mass is 492 g/mol. The molecule has 0 N–H and O–H groups in total. The molecule has 0 atom stereocenters. The third-order valence-electron chi connectivity index (χ3n) is 5.53.